The van der Waals surface area contributed by atoms with Crippen molar-refractivity contribution < 1.29 is 18.9 Å². The van der Waals surface area contributed by atoms with E-state index in [0.717, 1.165) is 17.6 Å². The Labute approximate surface area is 164 Å². The van der Waals surface area contributed by atoms with Gasteiger partial charge in [-0.25, -0.2) is 4.79 Å². The highest BCUT2D eigenvalue weighted by molar-refractivity contribution is 5.89. The molecule has 1 aromatic heterocycles. The molecule has 28 heavy (non-hydrogen) atoms. The van der Waals surface area contributed by atoms with E-state index in [1.165, 1.54) is 31.4 Å². The molecule has 0 amide bonds. The zero-order valence-corrected chi connectivity index (χ0v) is 16.3. The Hall–Kier alpha value is -2.57. The van der Waals surface area contributed by atoms with E-state index in [1.54, 1.807) is 6.08 Å². The molecule has 0 bridgehead atoms. The van der Waals surface area contributed by atoms with Crippen LogP contribution in [-0.4, -0.2) is 42.9 Å². The van der Waals surface area contributed by atoms with Crippen LogP contribution in [0.1, 0.15) is 23.7 Å². The number of quaternary nitrogens is 1. The van der Waals surface area contributed by atoms with Crippen LogP contribution < -0.4 is 0 Å². The van der Waals surface area contributed by atoms with Gasteiger partial charge in [-0.05, 0) is 11.6 Å². The monoisotopic (exact) mass is 382 g/mol. The zero-order valence-electron chi connectivity index (χ0n) is 16.3. The fourth-order valence-electron chi connectivity index (χ4n) is 5.02. The van der Waals surface area contributed by atoms with Gasteiger partial charge in [-0.1, -0.05) is 24.3 Å². The van der Waals surface area contributed by atoms with Gasteiger partial charge in [0.2, 0.25) is 0 Å². The molecule has 2 aliphatic rings. The smallest absolute Gasteiger partial charge is 0.337 e. The zero-order chi connectivity index (χ0) is 19.9. The second-order valence-corrected chi connectivity index (χ2v) is 7.73. The highest BCUT2D eigenvalue weighted by atomic mass is 16.5. The molecule has 6 nitrogen and oxygen atoms in total. The highest BCUT2D eigenvalue weighted by Gasteiger charge is 2.48. The lowest BCUT2D eigenvalue weighted by molar-refractivity contribution is -0.923. The Kier molecular flexibility index (Phi) is 4.77. The number of carbonyl (C=O) groups is 1. The van der Waals surface area contributed by atoms with Crippen LogP contribution in [0.3, 0.4) is 0 Å². The number of esters is 1. The molecule has 0 saturated carbocycles. The van der Waals surface area contributed by atoms with Crippen molar-refractivity contribution in [2.24, 2.45) is 11.8 Å². The molecule has 0 radical (unpaired) electrons. The number of aromatic amines is 1. The number of ether oxygens (including phenoxy) is 2. The molecule has 4 rings (SSSR count). The molecule has 3 heterocycles. The van der Waals surface area contributed by atoms with Crippen molar-refractivity contribution in [2.45, 2.75) is 18.9 Å². The van der Waals surface area contributed by atoms with Gasteiger partial charge in [-0.15, -0.1) is 6.58 Å². The Balaban J connectivity index is 1.79. The minimum atomic E-state index is -0.419. The molecule has 148 valence electrons. The first-order valence-corrected chi connectivity index (χ1v) is 9.63. The van der Waals surface area contributed by atoms with Gasteiger partial charge in [0.15, 0.2) is 0 Å². The van der Waals surface area contributed by atoms with Crippen LogP contribution in [-0.2, 0) is 20.7 Å². The van der Waals surface area contributed by atoms with E-state index in [4.69, 9.17) is 9.47 Å². The van der Waals surface area contributed by atoms with E-state index in [1.807, 2.05) is 18.2 Å². The minimum Gasteiger partial charge on any atom is -0.632 e. The van der Waals surface area contributed by atoms with Gasteiger partial charge in [0.1, 0.15) is 6.04 Å². The van der Waals surface area contributed by atoms with Crippen LogP contribution in [0.2, 0.25) is 0 Å². The fourth-order valence-corrected chi connectivity index (χ4v) is 5.02. The van der Waals surface area contributed by atoms with Gasteiger partial charge in [-0.3, -0.25) is 0 Å². The lowest BCUT2D eigenvalue weighted by Gasteiger charge is -2.57. The number of hydroxylamine groups is 3. The predicted octanol–water partition coefficient (Wildman–Crippen LogP) is 3.61. The Morgan fingerprint density at radius 2 is 2.14 bits per heavy atom. The van der Waals surface area contributed by atoms with E-state index in [0.29, 0.717) is 25.1 Å². The topological polar surface area (TPSA) is 74.4 Å². The summed E-state index contributed by atoms with van der Waals surface area (Å²) in [4.78, 5) is 15.9. The Morgan fingerprint density at radius 1 is 1.36 bits per heavy atom. The number of hydrogen-bond acceptors (Lipinski definition) is 4. The largest absolute Gasteiger partial charge is 0.632 e. The Morgan fingerprint density at radius 3 is 2.86 bits per heavy atom. The maximum Gasteiger partial charge on any atom is 0.337 e. The lowest BCUT2D eigenvalue weighted by atomic mass is 9.74. The van der Waals surface area contributed by atoms with E-state index in [-0.39, 0.29) is 22.5 Å². The van der Waals surface area contributed by atoms with Crippen LogP contribution in [0.15, 0.2) is 48.8 Å². The summed E-state index contributed by atoms with van der Waals surface area (Å²) >= 11 is 0. The molecule has 1 fully saturated rings. The molecule has 2 aliphatic heterocycles. The minimum absolute atomic E-state index is 0.111. The molecule has 0 spiro atoms. The summed E-state index contributed by atoms with van der Waals surface area (Å²) < 4.78 is 9.86. The summed E-state index contributed by atoms with van der Waals surface area (Å²) in [5.74, 6) is -0.704. The molecule has 1 aromatic carbocycles. The van der Waals surface area contributed by atoms with E-state index in [2.05, 4.69) is 17.6 Å². The van der Waals surface area contributed by atoms with Gasteiger partial charge >= 0.3 is 5.97 Å². The molecule has 2 aromatic rings. The van der Waals surface area contributed by atoms with Crippen molar-refractivity contribution in [3.63, 3.8) is 0 Å². The van der Waals surface area contributed by atoms with Crippen LogP contribution in [0.4, 0.5) is 0 Å². The number of aromatic nitrogens is 1. The first-order chi connectivity index (χ1) is 13.5. The molecule has 1 unspecified atom stereocenters. The molecular weight excluding hydrogens is 356 g/mol. The average molecular weight is 382 g/mol. The maximum absolute atomic E-state index is 13.8. The van der Waals surface area contributed by atoms with Gasteiger partial charge in [0, 0.05) is 35.6 Å². The number of nitrogens with one attached hydrogen (secondary N) is 1. The molecule has 0 aliphatic carbocycles. The first-order valence-electron chi connectivity index (χ1n) is 9.63. The summed E-state index contributed by atoms with van der Waals surface area (Å²) in [6.45, 7) is 4.87. The molecule has 6 heteroatoms. The van der Waals surface area contributed by atoms with E-state index in [9.17, 15) is 10.0 Å². The standard InChI is InChI=1S/C22H26N2O4/c1-4-14-12-24(26)10-9-16-15-7-5-6-8-19(15)23-21(16)20(24)11-17(14)18(13-27-2)22(25)28-3/h4-8,13-14,17,20,23H,1,9-12H2,2-3H3/b18-13+/t14-,17-,20+,24?/m0/s1. The number of rotatable bonds is 4. The van der Waals surface area contributed by atoms with Crippen molar-refractivity contribution in [3.05, 3.63) is 65.2 Å². The number of fused-ring (bicyclic) bond motifs is 5. The van der Waals surface area contributed by atoms with Gasteiger partial charge in [0.25, 0.3) is 0 Å². The quantitative estimate of drug-likeness (QED) is 0.219. The molecule has 4 atom stereocenters. The average Bonchev–Trinajstić information content (AvgIpc) is 3.09. The van der Waals surface area contributed by atoms with Crippen LogP contribution >= 0.6 is 0 Å². The van der Waals surface area contributed by atoms with Crippen LogP contribution in [0.5, 0.6) is 0 Å². The van der Waals surface area contributed by atoms with Crippen molar-refractivity contribution >= 4 is 16.9 Å². The summed E-state index contributed by atoms with van der Waals surface area (Å²) in [5, 5.41) is 15.0. The molecule has 1 saturated heterocycles. The summed E-state index contributed by atoms with van der Waals surface area (Å²) in [6, 6.07) is 7.93. The maximum atomic E-state index is 13.8. The van der Waals surface area contributed by atoms with Crippen molar-refractivity contribution in [3.8, 4) is 0 Å². The summed E-state index contributed by atoms with van der Waals surface area (Å²) in [5.41, 5.74) is 3.77. The third-order valence-electron chi connectivity index (χ3n) is 6.37. The van der Waals surface area contributed by atoms with Crippen molar-refractivity contribution in [1.82, 2.24) is 4.98 Å². The normalized spacial score (nSPS) is 29.7. The molecular formula is C22H26N2O4. The van der Waals surface area contributed by atoms with Gasteiger partial charge in [0.05, 0.1) is 44.8 Å². The number of para-hydroxylation sites is 1. The highest BCUT2D eigenvalue weighted by Crippen LogP contribution is 2.49. The van der Waals surface area contributed by atoms with Gasteiger partial charge in [-0.2, -0.15) is 0 Å². The second-order valence-electron chi connectivity index (χ2n) is 7.73. The van der Waals surface area contributed by atoms with Crippen LogP contribution in [0, 0.1) is 17.0 Å². The summed E-state index contributed by atoms with van der Waals surface area (Å²) in [6.07, 6.45) is 4.55. The summed E-state index contributed by atoms with van der Waals surface area (Å²) in [7, 11) is 2.88. The number of benzene rings is 1. The second kappa shape index (κ2) is 7.11. The number of hydrogen-bond donors (Lipinski definition) is 1. The number of carbonyl (C=O) groups excluding carboxylic acids is 1. The SMILES string of the molecule is C=C[C@H]1C[N+]2([O-])CCc3c([nH]c4ccccc34)[C@H]2C[C@@H]1/C(=C\OC)C(=O)OC. The van der Waals surface area contributed by atoms with Gasteiger partial charge < -0.3 is 24.3 Å². The molecule has 1 N–H and O–H groups in total. The van der Waals surface area contributed by atoms with E-state index < -0.39 is 5.97 Å². The predicted molar refractivity (Wildman–Crippen MR) is 107 cm³/mol. The Bertz CT molecular complexity index is 947. The lowest BCUT2D eigenvalue weighted by Crippen LogP contribution is -2.57. The van der Waals surface area contributed by atoms with Crippen LogP contribution in [0.25, 0.3) is 10.9 Å². The number of piperidine rings is 1. The third-order valence-corrected chi connectivity index (χ3v) is 6.37. The number of H-pyrrole nitrogens is 1. The van der Waals surface area contributed by atoms with Crippen molar-refractivity contribution in [2.75, 3.05) is 27.3 Å². The number of methoxy groups -OCH3 is 2. The third kappa shape index (κ3) is 2.84. The van der Waals surface area contributed by atoms with E-state index >= 15 is 0 Å². The number of nitrogens with zero attached hydrogens (tertiary/aromatic N) is 1. The van der Waals surface area contributed by atoms with Crippen molar-refractivity contribution in [1.29, 1.82) is 0 Å². The fraction of sp³-hybridized carbons (Fsp3) is 0.409. The first kappa shape index (κ1) is 18.8.